The molecule has 2 aliphatic heterocycles. The van der Waals surface area contributed by atoms with Crippen LogP contribution in [0.25, 0.3) is 0 Å². The van der Waals surface area contributed by atoms with Crippen LogP contribution in [0.5, 0.6) is 0 Å². The van der Waals surface area contributed by atoms with E-state index in [1.165, 1.54) is 0 Å². The monoisotopic (exact) mass is 210 g/mol. The molecule has 0 unspecified atom stereocenters. The number of hydrogen-bond donors (Lipinski definition) is 0. The topological polar surface area (TPSA) is 44.8 Å². The van der Waals surface area contributed by atoms with Crippen molar-refractivity contribution in [3.05, 3.63) is 12.2 Å². The van der Waals surface area contributed by atoms with Crippen molar-refractivity contribution in [3.63, 3.8) is 0 Å². The number of carbonyl (C=O) groups is 1. The van der Waals surface area contributed by atoms with Gasteiger partial charge in [-0.25, -0.2) is 0 Å². The Labute approximate surface area is 88.2 Å². The second-order valence-corrected chi connectivity index (χ2v) is 4.91. The predicted molar refractivity (Wildman–Crippen MR) is 51.0 cm³/mol. The zero-order valence-corrected chi connectivity index (χ0v) is 8.86. The summed E-state index contributed by atoms with van der Waals surface area (Å²) in [7, 11) is 0. The van der Waals surface area contributed by atoms with E-state index in [-0.39, 0.29) is 18.2 Å². The van der Waals surface area contributed by atoms with Crippen LogP contribution in [0.3, 0.4) is 0 Å². The van der Waals surface area contributed by atoms with E-state index in [1.807, 2.05) is 19.9 Å². The second-order valence-electron chi connectivity index (χ2n) is 4.91. The molecule has 3 rings (SSSR count). The molecule has 4 nitrogen and oxygen atoms in total. The Morgan fingerprint density at radius 3 is 2.73 bits per heavy atom. The number of allylic oxidation sites excluding steroid dienone is 1. The van der Waals surface area contributed by atoms with Crippen LogP contribution in [0.2, 0.25) is 0 Å². The van der Waals surface area contributed by atoms with Crippen LogP contribution in [0.1, 0.15) is 26.7 Å². The van der Waals surface area contributed by atoms with Gasteiger partial charge in [-0.05, 0) is 26.0 Å². The molecule has 0 aromatic rings. The first-order chi connectivity index (χ1) is 6.98. The van der Waals surface area contributed by atoms with E-state index in [0.717, 1.165) is 0 Å². The van der Waals surface area contributed by atoms with E-state index in [4.69, 9.17) is 14.2 Å². The van der Waals surface area contributed by atoms with E-state index >= 15 is 0 Å². The lowest BCUT2D eigenvalue weighted by molar-refractivity contribution is -0.216. The summed E-state index contributed by atoms with van der Waals surface area (Å²) in [5, 5.41) is 0. The third-order valence-electron chi connectivity index (χ3n) is 3.08. The molecule has 2 fully saturated rings. The van der Waals surface area contributed by atoms with E-state index < -0.39 is 11.4 Å². The number of hydrogen-bond acceptors (Lipinski definition) is 4. The van der Waals surface area contributed by atoms with Gasteiger partial charge in [0, 0.05) is 12.8 Å². The zero-order valence-electron chi connectivity index (χ0n) is 8.86. The summed E-state index contributed by atoms with van der Waals surface area (Å²) >= 11 is 0. The van der Waals surface area contributed by atoms with Gasteiger partial charge in [-0.15, -0.1) is 0 Å². The zero-order chi connectivity index (χ0) is 10.7. The molecule has 4 heteroatoms. The Morgan fingerprint density at radius 1 is 1.33 bits per heavy atom. The summed E-state index contributed by atoms with van der Waals surface area (Å²) in [5.41, 5.74) is -0.455. The molecule has 15 heavy (non-hydrogen) atoms. The lowest BCUT2D eigenvalue weighted by atomic mass is 9.98. The number of carbonyl (C=O) groups excluding carboxylic acids is 1. The van der Waals surface area contributed by atoms with Crippen molar-refractivity contribution in [1.29, 1.82) is 0 Å². The van der Waals surface area contributed by atoms with Crippen molar-refractivity contribution in [1.82, 2.24) is 0 Å². The van der Waals surface area contributed by atoms with Gasteiger partial charge >= 0.3 is 0 Å². The van der Waals surface area contributed by atoms with Crippen LogP contribution in [0.4, 0.5) is 0 Å². The average Bonchev–Trinajstić information content (AvgIpc) is 2.64. The average molecular weight is 210 g/mol. The minimum Gasteiger partial charge on any atom is -0.342 e. The molecule has 0 bridgehead atoms. The van der Waals surface area contributed by atoms with Gasteiger partial charge in [0.2, 0.25) is 0 Å². The molecule has 1 aliphatic carbocycles. The predicted octanol–water partition coefficient (Wildman–Crippen LogP) is 1.15. The molecule has 0 N–H and O–H groups in total. The summed E-state index contributed by atoms with van der Waals surface area (Å²) in [6, 6.07) is 0. The van der Waals surface area contributed by atoms with E-state index in [0.29, 0.717) is 12.8 Å². The number of rotatable bonds is 0. The third-order valence-corrected chi connectivity index (χ3v) is 3.08. The van der Waals surface area contributed by atoms with Gasteiger partial charge in [0.15, 0.2) is 17.9 Å². The molecule has 2 heterocycles. The smallest absolute Gasteiger partial charge is 0.188 e. The highest BCUT2D eigenvalue weighted by atomic mass is 16.8. The molecule has 2 saturated heterocycles. The van der Waals surface area contributed by atoms with Crippen molar-refractivity contribution in [2.45, 2.75) is 50.5 Å². The van der Waals surface area contributed by atoms with Gasteiger partial charge in [0.1, 0.15) is 6.10 Å². The van der Waals surface area contributed by atoms with Crippen molar-refractivity contribution in [2.75, 3.05) is 0 Å². The summed E-state index contributed by atoms with van der Waals surface area (Å²) in [4.78, 5) is 11.2. The SMILES string of the molecule is CC1(C)O[C@H]2O[C@@]3(C=CC(=O)C3)C[C@H]2O1. The molecule has 0 aromatic carbocycles. The van der Waals surface area contributed by atoms with Crippen LogP contribution in [0.15, 0.2) is 12.2 Å². The Kier molecular flexibility index (Phi) is 1.71. The standard InChI is InChI=1S/C11H14O4/c1-10(2)13-8-6-11(15-9(8)14-10)4-3-7(12)5-11/h3-4,8-9H,5-6H2,1-2H3/t8-,9+,11-/m1/s1. The lowest BCUT2D eigenvalue weighted by Gasteiger charge is -2.25. The molecular weight excluding hydrogens is 196 g/mol. The fourth-order valence-electron chi connectivity index (χ4n) is 2.54. The van der Waals surface area contributed by atoms with E-state index in [9.17, 15) is 4.79 Å². The summed E-state index contributed by atoms with van der Waals surface area (Å²) in [5.74, 6) is -0.447. The number of ether oxygens (including phenoxy) is 3. The van der Waals surface area contributed by atoms with Gasteiger partial charge in [-0.3, -0.25) is 4.79 Å². The van der Waals surface area contributed by atoms with Gasteiger partial charge < -0.3 is 14.2 Å². The molecule has 0 aromatic heterocycles. The molecule has 3 aliphatic rings. The highest BCUT2D eigenvalue weighted by molar-refractivity contribution is 5.93. The first-order valence-corrected chi connectivity index (χ1v) is 5.24. The highest BCUT2D eigenvalue weighted by Gasteiger charge is 2.55. The second kappa shape index (κ2) is 2.70. The van der Waals surface area contributed by atoms with Crippen LogP contribution in [-0.4, -0.2) is 29.6 Å². The maximum absolute atomic E-state index is 11.2. The van der Waals surface area contributed by atoms with Gasteiger partial charge in [-0.1, -0.05) is 0 Å². The Morgan fingerprint density at radius 2 is 2.13 bits per heavy atom. The quantitative estimate of drug-likeness (QED) is 0.601. The fraction of sp³-hybridized carbons (Fsp3) is 0.727. The van der Waals surface area contributed by atoms with Crippen molar-refractivity contribution in [3.8, 4) is 0 Å². The van der Waals surface area contributed by atoms with Crippen molar-refractivity contribution >= 4 is 5.78 Å². The molecule has 0 saturated carbocycles. The minimum absolute atomic E-state index is 0.0458. The maximum Gasteiger partial charge on any atom is 0.188 e. The molecule has 3 atom stereocenters. The molecule has 0 amide bonds. The Balaban J connectivity index is 1.78. The Hall–Kier alpha value is -0.710. The fourth-order valence-corrected chi connectivity index (χ4v) is 2.54. The highest BCUT2D eigenvalue weighted by Crippen LogP contribution is 2.45. The van der Waals surface area contributed by atoms with Gasteiger partial charge in [0.25, 0.3) is 0 Å². The first-order valence-electron chi connectivity index (χ1n) is 5.24. The third kappa shape index (κ3) is 1.44. The molecule has 82 valence electrons. The molecule has 0 radical (unpaired) electrons. The van der Waals surface area contributed by atoms with E-state index in [1.54, 1.807) is 6.08 Å². The first kappa shape index (κ1) is 9.51. The van der Waals surface area contributed by atoms with Crippen LogP contribution < -0.4 is 0 Å². The lowest BCUT2D eigenvalue weighted by Crippen LogP contribution is -2.30. The summed E-state index contributed by atoms with van der Waals surface area (Å²) in [6.45, 7) is 3.74. The van der Waals surface area contributed by atoms with Crippen LogP contribution >= 0.6 is 0 Å². The van der Waals surface area contributed by atoms with Crippen molar-refractivity contribution in [2.24, 2.45) is 0 Å². The van der Waals surface area contributed by atoms with Crippen molar-refractivity contribution < 1.29 is 19.0 Å². The Bertz CT molecular complexity index is 328. The minimum atomic E-state index is -0.566. The number of fused-ring (bicyclic) bond motifs is 1. The van der Waals surface area contributed by atoms with Crippen LogP contribution in [0, 0.1) is 0 Å². The summed E-state index contributed by atoms with van der Waals surface area (Å²) in [6.07, 6.45) is 4.20. The molecule has 1 spiro atoms. The van der Waals surface area contributed by atoms with Crippen LogP contribution in [-0.2, 0) is 19.0 Å². The normalized spacial score (nSPS) is 46.7. The van der Waals surface area contributed by atoms with Gasteiger partial charge in [-0.2, -0.15) is 0 Å². The molecular formula is C11H14O4. The summed E-state index contributed by atoms with van der Waals surface area (Å²) < 4.78 is 17.1. The largest absolute Gasteiger partial charge is 0.342 e. The van der Waals surface area contributed by atoms with Gasteiger partial charge in [0.05, 0.1) is 5.60 Å². The maximum atomic E-state index is 11.2. The van der Waals surface area contributed by atoms with E-state index in [2.05, 4.69) is 0 Å². The number of ketones is 1.